The number of thiazole rings is 2. The summed E-state index contributed by atoms with van der Waals surface area (Å²) in [7, 11) is 0. The highest BCUT2D eigenvalue weighted by Gasteiger charge is 2.17. The van der Waals surface area contributed by atoms with Crippen molar-refractivity contribution in [2.45, 2.75) is 0 Å². The summed E-state index contributed by atoms with van der Waals surface area (Å²) < 4.78 is 2.40. The van der Waals surface area contributed by atoms with Crippen LogP contribution in [0, 0.1) is 0 Å². The molecule has 0 aliphatic rings. The lowest BCUT2D eigenvalue weighted by molar-refractivity contribution is 1.29. The summed E-state index contributed by atoms with van der Waals surface area (Å²) in [6.45, 7) is 0. The second-order valence-electron chi connectivity index (χ2n) is 17.5. The Bertz CT molecular complexity index is 3660. The van der Waals surface area contributed by atoms with Gasteiger partial charge in [-0.1, -0.05) is 133 Å². The SMILES string of the molecule is c1ccc2cc(N(c3ccc(-c4ccc(-c5ccc(N(c6ccc(-c7nc8ccccc8s7)cc6)c6ccc7ccccc7c6)cc5)cc4)cc3)c3ccc(-c4nc5ccccc5s4)cc3)ccc2c1. The third-order valence-corrected chi connectivity index (χ3v) is 15.3. The lowest BCUT2D eigenvalue weighted by atomic mass is 9.99. The first-order chi connectivity index (χ1) is 34.6. The summed E-state index contributed by atoms with van der Waals surface area (Å²) in [5.41, 5.74) is 15.5. The van der Waals surface area contributed by atoms with E-state index in [4.69, 9.17) is 9.97 Å². The third kappa shape index (κ3) is 7.95. The second-order valence-corrected chi connectivity index (χ2v) is 19.5. The monoisotopic (exact) mass is 930 g/mol. The minimum Gasteiger partial charge on any atom is -0.310 e. The molecule has 2 aromatic heterocycles. The Hall–Kier alpha value is -8.68. The number of nitrogens with zero attached hydrogens (tertiary/aromatic N) is 4. The molecule has 0 N–H and O–H groups in total. The number of benzene rings is 11. The van der Waals surface area contributed by atoms with Gasteiger partial charge in [-0.3, -0.25) is 0 Å². The standard InChI is InChI=1S/C64H42N4S2/c1-3-11-51-41-57(39-25-43(51)9-1)67(55-35-27-49(28-36-55)63-65-59-13-5-7-15-61(59)69-63)53-31-21-47(22-32-53)45-17-19-46(20-18-45)48-23-33-54(34-24-48)68(58-40-26-44-10-2-4-12-52(44)42-58)56-37-29-50(30-38-56)64-66-60-14-6-8-16-62(60)70-64/h1-42H. The molecule has 0 bridgehead atoms. The fraction of sp³-hybridized carbons (Fsp3) is 0. The molecule has 11 aromatic carbocycles. The third-order valence-electron chi connectivity index (χ3n) is 13.1. The Morgan fingerprint density at radius 3 is 0.886 bits per heavy atom. The van der Waals surface area contributed by atoms with E-state index in [-0.39, 0.29) is 0 Å². The summed E-state index contributed by atoms with van der Waals surface area (Å²) in [5.74, 6) is 0. The maximum absolute atomic E-state index is 4.92. The van der Waals surface area contributed by atoms with Gasteiger partial charge in [-0.15, -0.1) is 22.7 Å². The minimum atomic E-state index is 1.03. The van der Waals surface area contributed by atoms with Crippen LogP contribution in [0.3, 0.4) is 0 Å². The van der Waals surface area contributed by atoms with E-state index in [1.165, 1.54) is 42.1 Å². The molecule has 0 spiro atoms. The van der Waals surface area contributed by atoms with Crippen LogP contribution in [0.25, 0.3) is 85.4 Å². The van der Waals surface area contributed by atoms with E-state index in [1.54, 1.807) is 22.7 Å². The Labute approximate surface area is 414 Å². The molecule has 330 valence electrons. The number of anilines is 6. The lowest BCUT2D eigenvalue weighted by Crippen LogP contribution is -2.09. The van der Waals surface area contributed by atoms with Crippen LogP contribution in [0.2, 0.25) is 0 Å². The van der Waals surface area contributed by atoms with Crippen molar-refractivity contribution in [2.24, 2.45) is 0 Å². The quantitative estimate of drug-likeness (QED) is 0.137. The molecule has 0 fully saturated rings. The highest BCUT2D eigenvalue weighted by Crippen LogP contribution is 2.41. The minimum absolute atomic E-state index is 1.03. The molecule has 2 heterocycles. The van der Waals surface area contributed by atoms with Crippen molar-refractivity contribution in [1.82, 2.24) is 9.97 Å². The van der Waals surface area contributed by atoms with Crippen molar-refractivity contribution < 1.29 is 0 Å². The second kappa shape index (κ2) is 17.8. The van der Waals surface area contributed by atoms with Crippen LogP contribution < -0.4 is 9.80 Å². The number of para-hydroxylation sites is 2. The van der Waals surface area contributed by atoms with Crippen LogP contribution in [0.5, 0.6) is 0 Å². The molecule has 70 heavy (non-hydrogen) atoms. The maximum Gasteiger partial charge on any atom is 0.124 e. The number of fused-ring (bicyclic) bond motifs is 4. The van der Waals surface area contributed by atoms with Gasteiger partial charge in [0.1, 0.15) is 10.0 Å². The van der Waals surface area contributed by atoms with E-state index in [0.29, 0.717) is 0 Å². The number of aromatic nitrogens is 2. The Kier molecular flexibility index (Phi) is 10.5. The molecule has 0 aliphatic heterocycles. The summed E-state index contributed by atoms with van der Waals surface area (Å²) in [6, 6.07) is 91.5. The molecule has 4 nitrogen and oxygen atoms in total. The topological polar surface area (TPSA) is 32.3 Å². The Morgan fingerprint density at radius 1 is 0.243 bits per heavy atom. The molecule has 6 heteroatoms. The molecular formula is C64H42N4S2. The van der Waals surface area contributed by atoms with E-state index in [1.807, 2.05) is 12.1 Å². The molecule has 0 aliphatic carbocycles. The normalized spacial score (nSPS) is 11.4. The van der Waals surface area contributed by atoms with Crippen LogP contribution in [-0.2, 0) is 0 Å². The molecule has 0 atom stereocenters. The molecule has 13 aromatic rings. The van der Waals surface area contributed by atoms with Crippen molar-refractivity contribution in [3.63, 3.8) is 0 Å². The van der Waals surface area contributed by atoms with Crippen molar-refractivity contribution in [2.75, 3.05) is 9.80 Å². The molecule has 0 radical (unpaired) electrons. The largest absolute Gasteiger partial charge is 0.310 e. The van der Waals surface area contributed by atoms with Gasteiger partial charge in [0.2, 0.25) is 0 Å². The highest BCUT2D eigenvalue weighted by atomic mass is 32.1. The maximum atomic E-state index is 4.92. The van der Waals surface area contributed by atoms with Gasteiger partial charge in [-0.05, 0) is 165 Å². The smallest absolute Gasteiger partial charge is 0.124 e. The van der Waals surface area contributed by atoms with E-state index < -0.39 is 0 Å². The molecule has 13 rings (SSSR count). The first-order valence-electron chi connectivity index (χ1n) is 23.4. The fourth-order valence-electron chi connectivity index (χ4n) is 9.48. The summed E-state index contributed by atoms with van der Waals surface area (Å²) in [4.78, 5) is 14.5. The average Bonchev–Trinajstić information content (AvgIpc) is 4.08. The van der Waals surface area contributed by atoms with Crippen LogP contribution >= 0.6 is 22.7 Å². The Morgan fingerprint density at radius 2 is 0.529 bits per heavy atom. The molecule has 0 amide bonds. The van der Waals surface area contributed by atoms with Crippen molar-refractivity contribution in [1.29, 1.82) is 0 Å². The van der Waals surface area contributed by atoms with Gasteiger partial charge in [0.05, 0.1) is 20.4 Å². The van der Waals surface area contributed by atoms with Gasteiger partial charge in [0.15, 0.2) is 0 Å². The average molecular weight is 931 g/mol. The van der Waals surface area contributed by atoms with E-state index >= 15 is 0 Å². The van der Waals surface area contributed by atoms with Crippen molar-refractivity contribution >= 4 is 98.8 Å². The first kappa shape index (κ1) is 41.5. The van der Waals surface area contributed by atoms with Crippen LogP contribution in [0.4, 0.5) is 34.1 Å². The van der Waals surface area contributed by atoms with Crippen LogP contribution in [-0.4, -0.2) is 9.97 Å². The lowest BCUT2D eigenvalue weighted by Gasteiger charge is -2.26. The van der Waals surface area contributed by atoms with Gasteiger partial charge in [-0.2, -0.15) is 0 Å². The molecule has 0 saturated carbocycles. The fourth-order valence-corrected chi connectivity index (χ4v) is 11.4. The van der Waals surface area contributed by atoms with E-state index in [9.17, 15) is 0 Å². The van der Waals surface area contributed by atoms with Gasteiger partial charge < -0.3 is 9.80 Å². The van der Waals surface area contributed by atoms with Gasteiger partial charge in [-0.25, -0.2) is 9.97 Å². The molecule has 0 unspecified atom stereocenters. The molecule has 0 saturated heterocycles. The van der Waals surface area contributed by atoms with Gasteiger partial charge >= 0.3 is 0 Å². The zero-order chi connectivity index (χ0) is 46.4. The summed E-state index contributed by atoms with van der Waals surface area (Å²) in [6.07, 6.45) is 0. The zero-order valence-electron chi connectivity index (χ0n) is 37.9. The number of hydrogen-bond donors (Lipinski definition) is 0. The van der Waals surface area contributed by atoms with Crippen LogP contribution in [0.15, 0.2) is 255 Å². The highest BCUT2D eigenvalue weighted by molar-refractivity contribution is 7.22. The van der Waals surface area contributed by atoms with Crippen molar-refractivity contribution in [3.05, 3.63) is 255 Å². The van der Waals surface area contributed by atoms with Gasteiger partial charge in [0.25, 0.3) is 0 Å². The predicted molar refractivity (Wildman–Crippen MR) is 299 cm³/mol. The summed E-state index contributed by atoms with van der Waals surface area (Å²) in [5, 5.41) is 6.91. The van der Waals surface area contributed by atoms with E-state index in [2.05, 4.69) is 252 Å². The Balaban J connectivity index is 0.777. The van der Waals surface area contributed by atoms with Crippen LogP contribution in [0.1, 0.15) is 0 Å². The number of rotatable bonds is 10. The van der Waals surface area contributed by atoms with Gasteiger partial charge in [0, 0.05) is 45.3 Å². The zero-order valence-corrected chi connectivity index (χ0v) is 39.5. The summed E-state index contributed by atoms with van der Waals surface area (Å²) >= 11 is 3.46. The first-order valence-corrected chi connectivity index (χ1v) is 25.1. The van der Waals surface area contributed by atoms with E-state index in [0.717, 1.165) is 77.4 Å². The van der Waals surface area contributed by atoms with Crippen molar-refractivity contribution in [3.8, 4) is 43.4 Å². The molecular weight excluding hydrogens is 889 g/mol. The predicted octanol–water partition coefficient (Wildman–Crippen LogP) is 18.8. The number of hydrogen-bond acceptors (Lipinski definition) is 6.